The van der Waals surface area contributed by atoms with Gasteiger partial charge in [0.05, 0.1) is 13.2 Å². The van der Waals surface area contributed by atoms with Gasteiger partial charge in [-0.2, -0.15) is 0 Å². The molecular weight excluding hydrogens is 272 g/mol. The second-order valence-corrected chi connectivity index (χ2v) is 5.18. The van der Waals surface area contributed by atoms with Crippen molar-refractivity contribution < 1.29 is 19.4 Å². The Balaban J connectivity index is 2.39. The molecule has 0 aliphatic rings. The summed E-state index contributed by atoms with van der Waals surface area (Å²) in [6.45, 7) is 4.13. The number of methoxy groups -OCH3 is 1. The average Bonchev–Trinajstić information content (AvgIpc) is 2.44. The number of benzene rings is 1. The number of hydrogen-bond donors (Lipinski definition) is 3. The molecule has 6 nitrogen and oxygen atoms in total. The number of primary amides is 1. The van der Waals surface area contributed by atoms with E-state index >= 15 is 0 Å². The van der Waals surface area contributed by atoms with Crippen LogP contribution in [0.2, 0.25) is 0 Å². The number of rotatable bonds is 9. The molecule has 1 amide bonds. The van der Waals surface area contributed by atoms with E-state index in [-0.39, 0.29) is 19.1 Å². The van der Waals surface area contributed by atoms with Gasteiger partial charge in [-0.3, -0.25) is 4.79 Å². The molecule has 0 heterocycles. The lowest BCUT2D eigenvalue weighted by Crippen LogP contribution is -2.48. The molecule has 0 fully saturated rings. The van der Waals surface area contributed by atoms with Crippen molar-refractivity contribution in [3.63, 3.8) is 0 Å². The molecule has 0 saturated carbocycles. The van der Waals surface area contributed by atoms with Crippen molar-refractivity contribution in [3.8, 4) is 11.5 Å². The fraction of sp³-hybridized carbons (Fsp3) is 0.533. The summed E-state index contributed by atoms with van der Waals surface area (Å²) >= 11 is 0. The van der Waals surface area contributed by atoms with Crippen molar-refractivity contribution >= 4 is 5.91 Å². The van der Waals surface area contributed by atoms with Gasteiger partial charge in [0.15, 0.2) is 0 Å². The van der Waals surface area contributed by atoms with Crippen LogP contribution in [0.1, 0.15) is 13.8 Å². The van der Waals surface area contributed by atoms with Crippen LogP contribution in [0, 0.1) is 5.92 Å². The first-order valence-corrected chi connectivity index (χ1v) is 6.91. The Morgan fingerprint density at radius 2 is 2.05 bits per heavy atom. The van der Waals surface area contributed by atoms with Crippen molar-refractivity contribution in [2.24, 2.45) is 11.7 Å². The van der Waals surface area contributed by atoms with Crippen molar-refractivity contribution in [1.82, 2.24) is 5.32 Å². The summed E-state index contributed by atoms with van der Waals surface area (Å²) in [5.74, 6) is 0.942. The van der Waals surface area contributed by atoms with Crippen LogP contribution in [0.4, 0.5) is 0 Å². The van der Waals surface area contributed by atoms with E-state index in [9.17, 15) is 9.90 Å². The average molecular weight is 296 g/mol. The molecule has 1 aromatic rings. The summed E-state index contributed by atoms with van der Waals surface area (Å²) < 4.78 is 10.6. The van der Waals surface area contributed by atoms with Gasteiger partial charge < -0.3 is 25.6 Å². The number of nitrogens with one attached hydrogen (secondary N) is 1. The maximum atomic E-state index is 11.2. The summed E-state index contributed by atoms with van der Waals surface area (Å²) in [4.78, 5) is 11.2. The van der Waals surface area contributed by atoms with Crippen molar-refractivity contribution in [3.05, 3.63) is 24.3 Å². The van der Waals surface area contributed by atoms with Gasteiger partial charge in [0, 0.05) is 12.6 Å². The smallest absolute Gasteiger partial charge is 0.234 e. The zero-order chi connectivity index (χ0) is 15.8. The Bertz CT molecular complexity index is 451. The number of aliphatic hydroxyl groups is 1. The number of nitrogens with two attached hydrogens (primary N) is 1. The highest BCUT2D eigenvalue weighted by atomic mass is 16.5. The van der Waals surface area contributed by atoms with E-state index in [2.05, 4.69) is 5.32 Å². The molecule has 0 radical (unpaired) electrons. The number of amides is 1. The summed E-state index contributed by atoms with van der Waals surface area (Å²) in [7, 11) is 1.58. The molecule has 4 N–H and O–H groups in total. The van der Waals surface area contributed by atoms with E-state index in [1.807, 2.05) is 19.9 Å². The fourth-order valence-electron chi connectivity index (χ4n) is 1.87. The third-order valence-corrected chi connectivity index (χ3v) is 3.03. The number of carbonyl (C=O) groups is 1. The molecule has 0 aliphatic heterocycles. The van der Waals surface area contributed by atoms with Crippen LogP contribution in [0.25, 0.3) is 0 Å². The minimum atomic E-state index is -0.739. The topological polar surface area (TPSA) is 93.8 Å². The van der Waals surface area contributed by atoms with E-state index < -0.39 is 18.1 Å². The summed E-state index contributed by atoms with van der Waals surface area (Å²) in [6, 6.07) is 6.67. The Labute approximate surface area is 125 Å². The lowest BCUT2D eigenvalue weighted by atomic mass is 10.0. The van der Waals surface area contributed by atoms with E-state index in [0.717, 1.165) is 0 Å². The Kier molecular flexibility index (Phi) is 6.98. The lowest BCUT2D eigenvalue weighted by molar-refractivity contribution is -0.121. The zero-order valence-electron chi connectivity index (χ0n) is 12.7. The van der Waals surface area contributed by atoms with Crippen LogP contribution < -0.4 is 20.5 Å². The Hall–Kier alpha value is -1.79. The maximum absolute atomic E-state index is 11.2. The van der Waals surface area contributed by atoms with Gasteiger partial charge in [-0.05, 0) is 18.1 Å². The largest absolute Gasteiger partial charge is 0.497 e. The van der Waals surface area contributed by atoms with Crippen LogP contribution >= 0.6 is 0 Å². The van der Waals surface area contributed by atoms with Crippen LogP contribution in [0.3, 0.4) is 0 Å². The number of hydrogen-bond acceptors (Lipinski definition) is 5. The van der Waals surface area contributed by atoms with E-state index in [4.69, 9.17) is 15.2 Å². The molecule has 2 unspecified atom stereocenters. The molecule has 1 aromatic carbocycles. The summed E-state index contributed by atoms with van der Waals surface area (Å²) in [5, 5.41) is 12.8. The highest BCUT2D eigenvalue weighted by Gasteiger charge is 2.19. The second-order valence-electron chi connectivity index (χ2n) is 5.18. The molecule has 6 heteroatoms. The number of ether oxygens (including phenoxy) is 2. The first-order chi connectivity index (χ1) is 9.93. The standard InChI is InChI=1S/C15H24N2O4/c1-10(2)14(15(16)19)17-8-11(18)9-21-13-6-4-5-12(7-13)20-3/h4-7,10-11,14,17-18H,8-9H2,1-3H3,(H2,16,19). The molecule has 118 valence electrons. The predicted molar refractivity (Wildman–Crippen MR) is 80.3 cm³/mol. The zero-order valence-corrected chi connectivity index (χ0v) is 12.7. The third kappa shape index (κ3) is 6.01. The van der Waals surface area contributed by atoms with Gasteiger partial charge in [0.1, 0.15) is 24.2 Å². The highest BCUT2D eigenvalue weighted by Crippen LogP contribution is 2.18. The van der Waals surface area contributed by atoms with Gasteiger partial charge in [0.2, 0.25) is 5.91 Å². The quantitative estimate of drug-likeness (QED) is 0.618. The fourth-order valence-corrected chi connectivity index (χ4v) is 1.87. The number of carbonyl (C=O) groups excluding carboxylic acids is 1. The van der Waals surface area contributed by atoms with E-state index in [1.165, 1.54) is 0 Å². The molecule has 21 heavy (non-hydrogen) atoms. The van der Waals surface area contributed by atoms with Crippen molar-refractivity contribution in [1.29, 1.82) is 0 Å². The van der Waals surface area contributed by atoms with Gasteiger partial charge in [-0.1, -0.05) is 19.9 Å². The number of aliphatic hydroxyl groups excluding tert-OH is 1. The predicted octanol–water partition coefficient (Wildman–Crippen LogP) is 0.534. The van der Waals surface area contributed by atoms with Gasteiger partial charge in [-0.15, -0.1) is 0 Å². The summed E-state index contributed by atoms with van der Waals surface area (Å²) in [5.41, 5.74) is 5.29. The van der Waals surface area contributed by atoms with E-state index in [1.54, 1.807) is 25.3 Å². The normalized spacial score (nSPS) is 13.8. The van der Waals surface area contributed by atoms with E-state index in [0.29, 0.717) is 11.5 Å². The van der Waals surface area contributed by atoms with Crippen LogP contribution in [-0.4, -0.2) is 43.4 Å². The molecule has 0 spiro atoms. The second kappa shape index (κ2) is 8.49. The molecule has 0 bridgehead atoms. The third-order valence-electron chi connectivity index (χ3n) is 3.03. The van der Waals surface area contributed by atoms with Crippen LogP contribution in [0.5, 0.6) is 11.5 Å². The van der Waals surface area contributed by atoms with Crippen LogP contribution in [0.15, 0.2) is 24.3 Å². The minimum Gasteiger partial charge on any atom is -0.497 e. The minimum absolute atomic E-state index is 0.0639. The maximum Gasteiger partial charge on any atom is 0.234 e. The lowest BCUT2D eigenvalue weighted by Gasteiger charge is -2.21. The van der Waals surface area contributed by atoms with Crippen molar-refractivity contribution in [2.45, 2.75) is 26.0 Å². The first-order valence-electron chi connectivity index (χ1n) is 6.91. The molecule has 0 aromatic heterocycles. The Morgan fingerprint density at radius 3 is 2.62 bits per heavy atom. The van der Waals surface area contributed by atoms with Gasteiger partial charge in [0.25, 0.3) is 0 Å². The molecule has 0 aliphatic carbocycles. The molecule has 1 rings (SSSR count). The summed E-state index contributed by atoms with van der Waals surface area (Å²) in [6.07, 6.45) is -0.739. The first kappa shape index (κ1) is 17.3. The Morgan fingerprint density at radius 1 is 1.38 bits per heavy atom. The molecular formula is C15H24N2O4. The molecule has 2 atom stereocenters. The van der Waals surface area contributed by atoms with Crippen LogP contribution in [-0.2, 0) is 4.79 Å². The molecule has 0 saturated heterocycles. The van der Waals surface area contributed by atoms with Gasteiger partial charge in [-0.25, -0.2) is 0 Å². The monoisotopic (exact) mass is 296 g/mol. The SMILES string of the molecule is COc1cccc(OCC(O)CNC(C(N)=O)C(C)C)c1. The highest BCUT2D eigenvalue weighted by molar-refractivity contribution is 5.80. The van der Waals surface area contributed by atoms with Gasteiger partial charge >= 0.3 is 0 Å². The van der Waals surface area contributed by atoms with Crippen molar-refractivity contribution in [2.75, 3.05) is 20.3 Å².